The highest BCUT2D eigenvalue weighted by Crippen LogP contribution is 2.49. The van der Waals surface area contributed by atoms with Gasteiger partial charge in [0.15, 0.2) is 0 Å². The van der Waals surface area contributed by atoms with E-state index in [0.717, 1.165) is 12.1 Å². The zero-order chi connectivity index (χ0) is 11.3. The summed E-state index contributed by atoms with van der Waals surface area (Å²) in [6.45, 7) is 0. The van der Waals surface area contributed by atoms with Crippen molar-refractivity contribution >= 4 is 11.6 Å². The maximum Gasteiger partial charge on any atom is 0.129 e. The van der Waals surface area contributed by atoms with Crippen molar-refractivity contribution in [2.75, 3.05) is 14.1 Å². The number of quaternary nitrogens is 1. The van der Waals surface area contributed by atoms with Crippen molar-refractivity contribution in [1.82, 2.24) is 4.98 Å². The van der Waals surface area contributed by atoms with E-state index in [1.165, 1.54) is 29.3 Å². The number of nitrogens with zero attached hydrogens (tertiary/aromatic N) is 2. The van der Waals surface area contributed by atoms with E-state index >= 15 is 0 Å². The SMILES string of the molecule is C[N+]1(C)[C@@H]2CC[C@@H]1C(c1ccc(Cl)nc1)C2.[I-]. The van der Waals surface area contributed by atoms with Gasteiger partial charge >= 0.3 is 0 Å². The highest BCUT2D eigenvalue weighted by Gasteiger charge is 2.54. The second-order valence-electron chi connectivity index (χ2n) is 5.68. The van der Waals surface area contributed by atoms with Gasteiger partial charge < -0.3 is 28.5 Å². The lowest BCUT2D eigenvalue weighted by atomic mass is 9.85. The predicted molar refractivity (Wildman–Crippen MR) is 65.5 cm³/mol. The Morgan fingerprint density at radius 2 is 2.06 bits per heavy atom. The third-order valence-electron chi connectivity index (χ3n) is 4.76. The second-order valence-corrected chi connectivity index (χ2v) is 6.07. The van der Waals surface area contributed by atoms with Gasteiger partial charge in [-0.3, -0.25) is 0 Å². The molecule has 0 amide bonds. The van der Waals surface area contributed by atoms with Gasteiger partial charge in [0.25, 0.3) is 0 Å². The van der Waals surface area contributed by atoms with Gasteiger partial charge in [0, 0.05) is 31.4 Å². The van der Waals surface area contributed by atoms with Gasteiger partial charge in [-0.15, -0.1) is 0 Å². The maximum absolute atomic E-state index is 5.84. The third kappa shape index (κ3) is 2.10. The molecule has 0 radical (unpaired) electrons. The number of hydrogen-bond donors (Lipinski definition) is 0. The molecule has 2 nitrogen and oxygen atoms in total. The fourth-order valence-electron chi connectivity index (χ4n) is 3.77. The van der Waals surface area contributed by atoms with E-state index in [2.05, 4.69) is 25.1 Å². The smallest absolute Gasteiger partial charge is 0.129 e. The van der Waals surface area contributed by atoms with E-state index in [9.17, 15) is 0 Å². The zero-order valence-corrected chi connectivity index (χ0v) is 13.1. The Kier molecular flexibility index (Phi) is 3.72. The van der Waals surface area contributed by atoms with E-state index in [-0.39, 0.29) is 24.0 Å². The van der Waals surface area contributed by atoms with Crippen molar-refractivity contribution in [2.24, 2.45) is 0 Å². The molecule has 1 unspecified atom stereocenters. The lowest BCUT2D eigenvalue weighted by molar-refractivity contribution is -0.912. The van der Waals surface area contributed by atoms with Crippen molar-refractivity contribution in [3.8, 4) is 0 Å². The largest absolute Gasteiger partial charge is 1.00 e. The lowest BCUT2D eigenvalue weighted by Gasteiger charge is -2.31. The minimum absolute atomic E-state index is 0. The van der Waals surface area contributed by atoms with Crippen molar-refractivity contribution < 1.29 is 28.5 Å². The Bertz CT molecular complexity index is 404. The van der Waals surface area contributed by atoms with E-state index < -0.39 is 0 Å². The van der Waals surface area contributed by atoms with Crippen LogP contribution >= 0.6 is 11.6 Å². The molecular formula is C13H18ClIN2. The first-order valence-corrected chi connectivity index (χ1v) is 6.41. The Morgan fingerprint density at radius 1 is 1.29 bits per heavy atom. The molecule has 2 fully saturated rings. The van der Waals surface area contributed by atoms with Crippen LogP contribution in [-0.2, 0) is 0 Å². The first-order chi connectivity index (χ1) is 7.59. The van der Waals surface area contributed by atoms with Crippen LogP contribution in [0.3, 0.4) is 0 Å². The zero-order valence-electron chi connectivity index (χ0n) is 10.2. The summed E-state index contributed by atoms with van der Waals surface area (Å²) >= 11 is 5.84. The van der Waals surface area contributed by atoms with E-state index in [0.29, 0.717) is 11.1 Å². The highest BCUT2D eigenvalue weighted by molar-refractivity contribution is 6.29. The molecule has 94 valence electrons. The number of halogens is 2. The first kappa shape index (κ1) is 13.6. The third-order valence-corrected chi connectivity index (χ3v) is 4.98. The van der Waals surface area contributed by atoms with Crippen molar-refractivity contribution in [3.63, 3.8) is 0 Å². The number of aromatic nitrogens is 1. The molecule has 17 heavy (non-hydrogen) atoms. The van der Waals surface area contributed by atoms with Crippen LogP contribution in [0.4, 0.5) is 0 Å². The van der Waals surface area contributed by atoms with Crippen LogP contribution in [0.25, 0.3) is 0 Å². The topological polar surface area (TPSA) is 12.9 Å². The molecule has 2 bridgehead atoms. The monoisotopic (exact) mass is 364 g/mol. The highest BCUT2D eigenvalue weighted by atomic mass is 127. The summed E-state index contributed by atoms with van der Waals surface area (Å²) in [4.78, 5) is 4.21. The Labute approximate surface area is 125 Å². The lowest BCUT2D eigenvalue weighted by Crippen LogP contribution is -3.00. The van der Waals surface area contributed by atoms with Crippen molar-refractivity contribution in [2.45, 2.75) is 37.3 Å². The summed E-state index contributed by atoms with van der Waals surface area (Å²) in [7, 11) is 4.76. The van der Waals surface area contributed by atoms with Gasteiger partial charge in [-0.1, -0.05) is 17.7 Å². The molecule has 4 heteroatoms. The molecule has 0 saturated carbocycles. The van der Waals surface area contributed by atoms with Crippen LogP contribution in [0, 0.1) is 0 Å². The Hall–Kier alpha value is 0.130. The van der Waals surface area contributed by atoms with E-state index in [1.807, 2.05) is 12.3 Å². The average Bonchev–Trinajstić information content (AvgIpc) is 2.68. The second kappa shape index (κ2) is 4.67. The van der Waals surface area contributed by atoms with Crippen LogP contribution in [0.2, 0.25) is 5.15 Å². The van der Waals surface area contributed by atoms with Crippen LogP contribution in [0.1, 0.15) is 30.7 Å². The fraction of sp³-hybridized carbons (Fsp3) is 0.615. The summed E-state index contributed by atoms with van der Waals surface area (Å²) in [6.07, 6.45) is 6.05. The molecule has 3 rings (SSSR count). The summed E-state index contributed by atoms with van der Waals surface area (Å²) in [6, 6.07) is 5.71. The van der Waals surface area contributed by atoms with Crippen LogP contribution in [0.15, 0.2) is 18.3 Å². The summed E-state index contributed by atoms with van der Waals surface area (Å²) in [5.41, 5.74) is 1.38. The first-order valence-electron chi connectivity index (χ1n) is 6.04. The molecule has 0 aromatic carbocycles. The minimum atomic E-state index is 0. The molecule has 2 aliphatic heterocycles. The summed E-state index contributed by atoms with van der Waals surface area (Å²) < 4.78 is 1.20. The predicted octanol–water partition coefficient (Wildman–Crippen LogP) is -0.166. The molecule has 3 atom stereocenters. The van der Waals surface area contributed by atoms with E-state index in [1.54, 1.807) is 0 Å². The standard InChI is InChI=1S/C13H18ClN2.HI/c1-16(2)10-4-5-12(16)11(7-10)9-3-6-13(14)15-8-9;/h3,6,8,10-12H,4-5,7H2,1-2H3;1H/q+1;/p-1/t10-,11?,12-;/m1./s1. The summed E-state index contributed by atoms with van der Waals surface area (Å²) in [5, 5.41) is 0.598. The molecule has 0 aliphatic carbocycles. The van der Waals surface area contributed by atoms with Gasteiger partial charge in [-0.2, -0.15) is 0 Å². The number of likely N-dealkylation sites (N-methyl/N-ethyl adjacent to an activating group) is 1. The average molecular weight is 365 g/mol. The summed E-state index contributed by atoms with van der Waals surface area (Å²) in [5.74, 6) is 0.693. The van der Waals surface area contributed by atoms with Crippen molar-refractivity contribution in [1.29, 1.82) is 0 Å². The molecule has 0 spiro atoms. The van der Waals surface area contributed by atoms with Crippen LogP contribution < -0.4 is 24.0 Å². The number of hydrogen-bond acceptors (Lipinski definition) is 1. The number of pyridine rings is 1. The number of rotatable bonds is 1. The number of fused-ring (bicyclic) bond motifs is 2. The molecule has 1 aromatic heterocycles. The van der Waals surface area contributed by atoms with Gasteiger partial charge in [0.2, 0.25) is 0 Å². The molecule has 2 aliphatic rings. The van der Waals surface area contributed by atoms with Gasteiger partial charge in [0.05, 0.1) is 26.2 Å². The van der Waals surface area contributed by atoms with Crippen LogP contribution in [0.5, 0.6) is 0 Å². The molecule has 3 heterocycles. The van der Waals surface area contributed by atoms with Gasteiger partial charge in [0.1, 0.15) is 5.15 Å². The Balaban J connectivity index is 0.00000108. The molecule has 0 N–H and O–H groups in total. The van der Waals surface area contributed by atoms with E-state index in [4.69, 9.17) is 11.6 Å². The fourth-order valence-corrected chi connectivity index (χ4v) is 3.88. The van der Waals surface area contributed by atoms with Crippen molar-refractivity contribution in [3.05, 3.63) is 29.0 Å². The normalized spacial score (nSPS) is 33.5. The molecule has 1 aromatic rings. The molecule has 2 saturated heterocycles. The molecular weight excluding hydrogens is 347 g/mol. The quantitative estimate of drug-likeness (QED) is 0.383. The van der Waals surface area contributed by atoms with Gasteiger partial charge in [-0.05, 0) is 11.6 Å². The van der Waals surface area contributed by atoms with Gasteiger partial charge in [-0.25, -0.2) is 4.98 Å². The maximum atomic E-state index is 5.84. The Morgan fingerprint density at radius 3 is 2.53 bits per heavy atom. The van der Waals surface area contributed by atoms with Crippen LogP contribution in [-0.4, -0.2) is 35.6 Å². The minimum Gasteiger partial charge on any atom is -1.00 e.